The molecule has 1 aliphatic rings. The van der Waals surface area contributed by atoms with E-state index in [0.29, 0.717) is 0 Å². The van der Waals surface area contributed by atoms with Gasteiger partial charge in [0, 0.05) is 24.9 Å². The molecule has 0 aliphatic carbocycles. The molecule has 0 radical (unpaired) electrons. The van der Waals surface area contributed by atoms with Crippen molar-refractivity contribution < 1.29 is 0 Å². The van der Waals surface area contributed by atoms with Crippen molar-refractivity contribution in [2.45, 2.75) is 19.8 Å². The molecule has 1 aromatic rings. The SMILES string of the molecule is CCCCNC1=NCCNC(c2ccccc2)=C1. The molecule has 0 aromatic heterocycles. The largest absolute Gasteiger partial charge is 0.383 e. The van der Waals surface area contributed by atoms with Crippen LogP contribution in [0.4, 0.5) is 0 Å². The molecular formula is C15H21N3. The van der Waals surface area contributed by atoms with Crippen LogP contribution in [0.15, 0.2) is 41.4 Å². The Kier molecular flexibility index (Phi) is 4.82. The number of unbranched alkanes of at least 4 members (excludes halogenated alkanes) is 1. The maximum absolute atomic E-state index is 4.54. The number of amidine groups is 1. The van der Waals surface area contributed by atoms with Gasteiger partial charge in [-0.3, -0.25) is 4.99 Å². The van der Waals surface area contributed by atoms with Crippen molar-refractivity contribution in [3.8, 4) is 0 Å². The highest BCUT2D eigenvalue weighted by Gasteiger charge is 2.06. The van der Waals surface area contributed by atoms with Gasteiger partial charge in [-0.2, -0.15) is 0 Å². The highest BCUT2D eigenvalue weighted by molar-refractivity contribution is 5.99. The van der Waals surface area contributed by atoms with Crippen LogP contribution in [0.3, 0.4) is 0 Å². The average Bonchev–Trinajstić information content (AvgIpc) is 2.66. The quantitative estimate of drug-likeness (QED) is 0.797. The van der Waals surface area contributed by atoms with Crippen molar-refractivity contribution in [3.63, 3.8) is 0 Å². The molecule has 1 heterocycles. The summed E-state index contributed by atoms with van der Waals surface area (Å²) < 4.78 is 0. The summed E-state index contributed by atoms with van der Waals surface area (Å²) in [7, 11) is 0. The Morgan fingerprint density at radius 3 is 2.89 bits per heavy atom. The predicted molar refractivity (Wildman–Crippen MR) is 77.6 cm³/mol. The molecule has 0 fully saturated rings. The summed E-state index contributed by atoms with van der Waals surface area (Å²) in [5, 5.41) is 6.82. The summed E-state index contributed by atoms with van der Waals surface area (Å²) in [6.07, 6.45) is 4.49. The van der Waals surface area contributed by atoms with E-state index in [-0.39, 0.29) is 0 Å². The first kappa shape index (κ1) is 12.7. The molecule has 0 spiro atoms. The number of hydrogen-bond acceptors (Lipinski definition) is 3. The zero-order valence-corrected chi connectivity index (χ0v) is 10.9. The minimum absolute atomic E-state index is 0.821. The lowest BCUT2D eigenvalue weighted by Gasteiger charge is -2.09. The second-order valence-electron chi connectivity index (χ2n) is 4.40. The fraction of sp³-hybridized carbons (Fsp3) is 0.400. The second kappa shape index (κ2) is 6.84. The third-order valence-electron chi connectivity index (χ3n) is 2.91. The molecule has 0 amide bonds. The molecule has 18 heavy (non-hydrogen) atoms. The lowest BCUT2D eigenvalue weighted by atomic mass is 10.1. The van der Waals surface area contributed by atoms with Gasteiger partial charge in [0.2, 0.25) is 0 Å². The first-order chi connectivity index (χ1) is 8.90. The molecule has 1 aromatic carbocycles. The Hall–Kier alpha value is -1.77. The van der Waals surface area contributed by atoms with E-state index in [0.717, 1.165) is 31.2 Å². The molecule has 0 atom stereocenters. The maximum atomic E-state index is 4.54. The van der Waals surface area contributed by atoms with Crippen molar-refractivity contribution >= 4 is 11.5 Å². The summed E-state index contributed by atoms with van der Waals surface area (Å²) >= 11 is 0. The molecule has 1 aliphatic heterocycles. The first-order valence-electron chi connectivity index (χ1n) is 6.69. The Labute approximate surface area is 109 Å². The Bertz CT molecular complexity index is 421. The highest BCUT2D eigenvalue weighted by atomic mass is 15.0. The van der Waals surface area contributed by atoms with E-state index in [4.69, 9.17) is 0 Å². The minimum Gasteiger partial charge on any atom is -0.383 e. The van der Waals surface area contributed by atoms with Crippen LogP contribution < -0.4 is 10.6 Å². The van der Waals surface area contributed by atoms with E-state index in [1.807, 2.05) is 6.07 Å². The van der Waals surface area contributed by atoms with Crippen LogP contribution in [-0.4, -0.2) is 25.5 Å². The van der Waals surface area contributed by atoms with Crippen LogP contribution >= 0.6 is 0 Å². The number of rotatable bonds is 4. The fourth-order valence-corrected chi connectivity index (χ4v) is 1.90. The molecular weight excluding hydrogens is 222 g/mol. The van der Waals surface area contributed by atoms with Crippen LogP contribution in [0, 0.1) is 0 Å². The summed E-state index contributed by atoms with van der Waals surface area (Å²) in [4.78, 5) is 4.54. The van der Waals surface area contributed by atoms with Gasteiger partial charge >= 0.3 is 0 Å². The van der Waals surface area contributed by atoms with E-state index < -0.39 is 0 Å². The molecule has 2 N–H and O–H groups in total. The van der Waals surface area contributed by atoms with Crippen molar-refractivity contribution in [2.24, 2.45) is 4.99 Å². The lowest BCUT2D eigenvalue weighted by molar-refractivity contribution is 0.753. The highest BCUT2D eigenvalue weighted by Crippen LogP contribution is 2.11. The summed E-state index contributed by atoms with van der Waals surface area (Å²) in [5.74, 6) is 0.993. The van der Waals surface area contributed by atoms with Crippen molar-refractivity contribution in [1.29, 1.82) is 0 Å². The van der Waals surface area contributed by atoms with Crippen LogP contribution in [0.25, 0.3) is 5.70 Å². The van der Waals surface area contributed by atoms with Crippen molar-refractivity contribution in [2.75, 3.05) is 19.6 Å². The molecule has 3 nitrogen and oxygen atoms in total. The van der Waals surface area contributed by atoms with Gasteiger partial charge in [0.05, 0.1) is 6.54 Å². The first-order valence-corrected chi connectivity index (χ1v) is 6.69. The predicted octanol–water partition coefficient (Wildman–Crippen LogP) is 2.42. The normalized spacial score (nSPS) is 15.2. The van der Waals surface area contributed by atoms with Crippen LogP contribution in [0.5, 0.6) is 0 Å². The van der Waals surface area contributed by atoms with E-state index >= 15 is 0 Å². The number of benzene rings is 1. The zero-order chi connectivity index (χ0) is 12.6. The number of hydrogen-bond donors (Lipinski definition) is 2. The van der Waals surface area contributed by atoms with Crippen LogP contribution in [0.1, 0.15) is 25.3 Å². The molecule has 0 bridgehead atoms. The van der Waals surface area contributed by atoms with Gasteiger partial charge in [0.15, 0.2) is 0 Å². The Balaban J connectivity index is 2.08. The van der Waals surface area contributed by atoms with Gasteiger partial charge in [-0.1, -0.05) is 43.7 Å². The van der Waals surface area contributed by atoms with Gasteiger partial charge in [0.25, 0.3) is 0 Å². The summed E-state index contributed by atoms with van der Waals surface area (Å²) in [6, 6.07) is 10.4. The third kappa shape index (κ3) is 3.62. The monoisotopic (exact) mass is 243 g/mol. The molecule has 96 valence electrons. The fourth-order valence-electron chi connectivity index (χ4n) is 1.90. The minimum atomic E-state index is 0.821. The van der Waals surface area contributed by atoms with E-state index in [1.54, 1.807) is 0 Å². The Morgan fingerprint density at radius 2 is 2.11 bits per heavy atom. The van der Waals surface area contributed by atoms with Crippen molar-refractivity contribution in [3.05, 3.63) is 42.0 Å². The van der Waals surface area contributed by atoms with Gasteiger partial charge in [-0.15, -0.1) is 0 Å². The topological polar surface area (TPSA) is 36.4 Å². The van der Waals surface area contributed by atoms with Gasteiger partial charge in [0.1, 0.15) is 5.84 Å². The summed E-state index contributed by atoms with van der Waals surface area (Å²) in [5.41, 5.74) is 2.36. The van der Waals surface area contributed by atoms with E-state index in [9.17, 15) is 0 Å². The van der Waals surface area contributed by atoms with Crippen LogP contribution in [-0.2, 0) is 0 Å². The standard InChI is InChI=1S/C15H21N3/c1-2-3-9-17-15-12-14(16-10-11-18-15)13-7-5-4-6-8-13/h4-8,12,16H,2-3,9-11H2,1H3,(H,17,18). The van der Waals surface area contributed by atoms with Crippen molar-refractivity contribution in [1.82, 2.24) is 10.6 Å². The number of nitrogens with one attached hydrogen (secondary N) is 2. The smallest absolute Gasteiger partial charge is 0.122 e. The molecule has 2 rings (SSSR count). The van der Waals surface area contributed by atoms with E-state index in [2.05, 4.69) is 52.9 Å². The van der Waals surface area contributed by atoms with E-state index in [1.165, 1.54) is 18.4 Å². The average molecular weight is 243 g/mol. The number of nitrogens with zero attached hydrogens (tertiary/aromatic N) is 1. The molecule has 0 unspecified atom stereocenters. The summed E-state index contributed by atoms with van der Waals surface area (Å²) in [6.45, 7) is 4.90. The Morgan fingerprint density at radius 1 is 1.28 bits per heavy atom. The molecule has 3 heteroatoms. The zero-order valence-electron chi connectivity index (χ0n) is 10.9. The molecule has 0 saturated heterocycles. The maximum Gasteiger partial charge on any atom is 0.122 e. The lowest BCUT2D eigenvalue weighted by Crippen LogP contribution is -2.23. The molecule has 0 saturated carbocycles. The number of aliphatic imine (C=N–C) groups is 1. The van der Waals surface area contributed by atoms with Gasteiger partial charge in [-0.05, 0) is 12.0 Å². The van der Waals surface area contributed by atoms with Gasteiger partial charge < -0.3 is 10.6 Å². The third-order valence-corrected chi connectivity index (χ3v) is 2.91. The second-order valence-corrected chi connectivity index (χ2v) is 4.40. The van der Waals surface area contributed by atoms with Gasteiger partial charge in [-0.25, -0.2) is 0 Å². The van der Waals surface area contributed by atoms with Crippen LogP contribution in [0.2, 0.25) is 0 Å².